The van der Waals surface area contributed by atoms with Gasteiger partial charge in [-0.2, -0.15) is 0 Å². The van der Waals surface area contributed by atoms with Gasteiger partial charge in [-0.05, 0) is 29.8 Å². The van der Waals surface area contributed by atoms with Crippen LogP contribution in [0.3, 0.4) is 0 Å². The van der Waals surface area contributed by atoms with Gasteiger partial charge in [0, 0.05) is 14.5 Å². The fourth-order valence-electron chi connectivity index (χ4n) is 2.05. The molecule has 0 heterocycles. The van der Waals surface area contributed by atoms with Crippen LogP contribution >= 0.6 is 31.9 Å². The molecule has 0 aliphatic heterocycles. The van der Waals surface area contributed by atoms with Gasteiger partial charge in [0.2, 0.25) is 0 Å². The van der Waals surface area contributed by atoms with Crippen molar-refractivity contribution < 1.29 is 19.3 Å². The van der Waals surface area contributed by atoms with Gasteiger partial charge in [-0.25, -0.2) is 0 Å². The topological polar surface area (TPSA) is 47.9 Å². The molecular formula is C17H16Br2O4. The summed E-state index contributed by atoms with van der Waals surface area (Å²) in [7, 11) is 4.69. The van der Waals surface area contributed by atoms with Crippen molar-refractivity contribution in [1.82, 2.24) is 0 Å². The van der Waals surface area contributed by atoms with Gasteiger partial charge in [-0.3, -0.25) is 0 Å². The molecule has 1 N–H and O–H groups in total. The summed E-state index contributed by atoms with van der Waals surface area (Å²) in [6.45, 7) is 0. The molecule has 0 amide bonds. The van der Waals surface area contributed by atoms with Crippen LogP contribution in [0.1, 0.15) is 11.1 Å². The second-order valence-electron chi connectivity index (χ2n) is 4.61. The SMILES string of the molecule is COc1cc(Br)c(/C=C/c2cc(Br)cc(OC)c2O)cc1OC. The van der Waals surface area contributed by atoms with Crippen molar-refractivity contribution in [3.05, 3.63) is 44.3 Å². The Labute approximate surface area is 151 Å². The van der Waals surface area contributed by atoms with Gasteiger partial charge in [0.05, 0.1) is 21.3 Å². The van der Waals surface area contributed by atoms with E-state index in [1.807, 2.05) is 24.3 Å². The minimum atomic E-state index is 0.0866. The summed E-state index contributed by atoms with van der Waals surface area (Å²) in [5.74, 6) is 1.77. The molecule has 0 fully saturated rings. The summed E-state index contributed by atoms with van der Waals surface area (Å²) >= 11 is 6.90. The molecule has 0 atom stereocenters. The van der Waals surface area contributed by atoms with Crippen molar-refractivity contribution in [3.63, 3.8) is 0 Å². The maximum absolute atomic E-state index is 10.2. The van der Waals surface area contributed by atoms with Crippen LogP contribution in [0.25, 0.3) is 12.2 Å². The number of methoxy groups -OCH3 is 3. The van der Waals surface area contributed by atoms with E-state index in [1.54, 1.807) is 26.4 Å². The minimum absolute atomic E-state index is 0.0866. The Kier molecular flexibility index (Phi) is 5.96. The summed E-state index contributed by atoms with van der Waals surface area (Å²) in [4.78, 5) is 0. The number of phenols is 1. The van der Waals surface area contributed by atoms with E-state index in [0.29, 0.717) is 22.8 Å². The fourth-order valence-corrected chi connectivity index (χ4v) is 2.96. The second-order valence-corrected chi connectivity index (χ2v) is 6.38. The molecule has 2 aromatic rings. The van der Waals surface area contributed by atoms with E-state index in [-0.39, 0.29) is 5.75 Å². The maximum atomic E-state index is 10.2. The largest absolute Gasteiger partial charge is 0.504 e. The summed E-state index contributed by atoms with van der Waals surface area (Å²) in [6.07, 6.45) is 3.67. The van der Waals surface area contributed by atoms with E-state index < -0.39 is 0 Å². The lowest BCUT2D eigenvalue weighted by Crippen LogP contribution is -1.91. The highest BCUT2D eigenvalue weighted by Crippen LogP contribution is 2.37. The number of halogens is 2. The molecule has 6 heteroatoms. The fraction of sp³-hybridized carbons (Fsp3) is 0.176. The lowest BCUT2D eigenvalue weighted by molar-refractivity contribution is 0.354. The lowest BCUT2D eigenvalue weighted by Gasteiger charge is -2.10. The van der Waals surface area contributed by atoms with Crippen LogP contribution in [-0.4, -0.2) is 26.4 Å². The smallest absolute Gasteiger partial charge is 0.165 e. The molecular weight excluding hydrogens is 428 g/mol. The standard InChI is InChI=1S/C17H16Br2O4/c1-21-14-7-10(13(19)9-15(14)22-2)4-5-11-6-12(18)8-16(23-3)17(11)20/h4-9,20H,1-3H3/b5-4+. The molecule has 122 valence electrons. The zero-order chi connectivity index (χ0) is 17.0. The van der Waals surface area contributed by atoms with Gasteiger partial charge in [0.25, 0.3) is 0 Å². The van der Waals surface area contributed by atoms with E-state index in [4.69, 9.17) is 14.2 Å². The summed E-state index contributed by atoms with van der Waals surface area (Å²) in [6, 6.07) is 7.20. The first-order chi connectivity index (χ1) is 11.0. The molecule has 0 aliphatic rings. The van der Waals surface area contributed by atoms with Crippen molar-refractivity contribution in [2.75, 3.05) is 21.3 Å². The molecule has 0 unspecified atom stereocenters. The molecule has 0 radical (unpaired) electrons. The molecule has 0 bridgehead atoms. The molecule has 0 saturated carbocycles. The van der Waals surface area contributed by atoms with Gasteiger partial charge in [0.1, 0.15) is 0 Å². The number of phenolic OH excluding ortho intramolecular Hbond substituents is 1. The molecule has 4 nitrogen and oxygen atoms in total. The zero-order valence-corrected chi connectivity index (χ0v) is 16.1. The highest BCUT2D eigenvalue weighted by Gasteiger charge is 2.10. The van der Waals surface area contributed by atoms with Crippen molar-refractivity contribution >= 4 is 44.0 Å². The van der Waals surface area contributed by atoms with E-state index in [2.05, 4.69) is 31.9 Å². The van der Waals surface area contributed by atoms with Crippen LogP contribution in [0.2, 0.25) is 0 Å². The second kappa shape index (κ2) is 7.75. The third kappa shape index (κ3) is 4.00. The van der Waals surface area contributed by atoms with Crippen LogP contribution in [0.15, 0.2) is 33.2 Å². The van der Waals surface area contributed by atoms with Crippen LogP contribution in [0, 0.1) is 0 Å². The Morgan fingerprint density at radius 1 is 0.783 bits per heavy atom. The van der Waals surface area contributed by atoms with Gasteiger partial charge in [-0.15, -0.1) is 0 Å². The van der Waals surface area contributed by atoms with Gasteiger partial charge >= 0.3 is 0 Å². The third-order valence-electron chi connectivity index (χ3n) is 3.23. The van der Waals surface area contributed by atoms with Gasteiger partial charge in [0.15, 0.2) is 23.0 Å². The third-order valence-corrected chi connectivity index (χ3v) is 4.38. The Morgan fingerprint density at radius 2 is 1.35 bits per heavy atom. The van der Waals surface area contributed by atoms with E-state index in [9.17, 15) is 5.11 Å². The minimum Gasteiger partial charge on any atom is -0.504 e. The molecule has 0 aromatic heterocycles. The summed E-state index contributed by atoms with van der Waals surface area (Å²) in [5.41, 5.74) is 1.53. The number of hydrogen-bond acceptors (Lipinski definition) is 4. The van der Waals surface area contributed by atoms with Crippen molar-refractivity contribution in [2.24, 2.45) is 0 Å². The van der Waals surface area contributed by atoms with Crippen molar-refractivity contribution in [2.45, 2.75) is 0 Å². The summed E-state index contributed by atoms with van der Waals surface area (Å²) in [5, 5.41) is 10.2. The molecule has 2 aromatic carbocycles. The maximum Gasteiger partial charge on any atom is 0.165 e. The highest BCUT2D eigenvalue weighted by atomic mass is 79.9. The molecule has 23 heavy (non-hydrogen) atoms. The monoisotopic (exact) mass is 442 g/mol. The normalized spacial score (nSPS) is 10.8. The first-order valence-corrected chi connectivity index (χ1v) is 8.24. The molecule has 2 rings (SSSR count). The van der Waals surface area contributed by atoms with E-state index in [0.717, 1.165) is 14.5 Å². The molecule has 0 spiro atoms. The Morgan fingerprint density at radius 3 is 1.96 bits per heavy atom. The first-order valence-electron chi connectivity index (χ1n) is 6.66. The van der Waals surface area contributed by atoms with Crippen molar-refractivity contribution in [1.29, 1.82) is 0 Å². The Hall–Kier alpha value is -1.66. The zero-order valence-electron chi connectivity index (χ0n) is 12.9. The Balaban J connectivity index is 2.43. The summed E-state index contributed by atoms with van der Waals surface area (Å²) < 4.78 is 17.4. The number of hydrogen-bond donors (Lipinski definition) is 1. The first kappa shape index (κ1) is 17.7. The van der Waals surface area contributed by atoms with Crippen LogP contribution in [0.4, 0.5) is 0 Å². The predicted molar refractivity (Wildman–Crippen MR) is 98.5 cm³/mol. The van der Waals surface area contributed by atoms with E-state index in [1.165, 1.54) is 7.11 Å². The quantitative estimate of drug-likeness (QED) is 0.652. The predicted octanol–water partition coefficient (Wildman–Crippen LogP) is 5.11. The Bertz CT molecular complexity index is 742. The lowest BCUT2D eigenvalue weighted by atomic mass is 10.1. The van der Waals surface area contributed by atoms with Gasteiger partial charge < -0.3 is 19.3 Å². The number of rotatable bonds is 5. The number of benzene rings is 2. The number of aromatic hydroxyl groups is 1. The van der Waals surface area contributed by atoms with Crippen LogP contribution in [-0.2, 0) is 0 Å². The van der Waals surface area contributed by atoms with E-state index >= 15 is 0 Å². The van der Waals surface area contributed by atoms with Crippen molar-refractivity contribution in [3.8, 4) is 23.0 Å². The van der Waals surface area contributed by atoms with Crippen LogP contribution < -0.4 is 14.2 Å². The molecule has 0 aliphatic carbocycles. The van der Waals surface area contributed by atoms with Crippen LogP contribution in [0.5, 0.6) is 23.0 Å². The number of ether oxygens (including phenoxy) is 3. The van der Waals surface area contributed by atoms with Gasteiger partial charge in [-0.1, -0.05) is 44.0 Å². The average molecular weight is 444 g/mol. The average Bonchev–Trinajstić information content (AvgIpc) is 2.55. The highest BCUT2D eigenvalue weighted by molar-refractivity contribution is 9.10. The molecule has 0 saturated heterocycles.